The fourth-order valence-electron chi connectivity index (χ4n) is 1.66. The van der Waals surface area contributed by atoms with Gasteiger partial charge in [-0.25, -0.2) is 4.39 Å². The lowest BCUT2D eigenvalue weighted by Crippen LogP contribution is -2.13. The lowest BCUT2D eigenvalue weighted by atomic mass is 10.1. The SMILES string of the molecule is O=C(Cc1ccc(F)cc1)Cn1cc(Cl)c([N+](=O)[O-])n1. The van der Waals surface area contributed by atoms with E-state index in [4.69, 9.17) is 11.6 Å². The molecule has 1 aromatic carbocycles. The first-order valence-electron chi connectivity index (χ1n) is 5.59. The number of ketones is 1. The third kappa shape index (κ3) is 3.39. The van der Waals surface area contributed by atoms with Crippen molar-refractivity contribution >= 4 is 23.2 Å². The van der Waals surface area contributed by atoms with E-state index in [0.717, 1.165) is 4.68 Å². The minimum absolute atomic E-state index is 0.0888. The number of Topliss-reactive ketones (excluding diaryl/α,β-unsaturated/α-hetero) is 1. The highest BCUT2D eigenvalue weighted by molar-refractivity contribution is 6.32. The number of nitro groups is 1. The summed E-state index contributed by atoms with van der Waals surface area (Å²) in [6.45, 7) is -0.134. The van der Waals surface area contributed by atoms with Gasteiger partial charge < -0.3 is 10.1 Å². The second-order valence-electron chi connectivity index (χ2n) is 4.10. The highest BCUT2D eigenvalue weighted by Crippen LogP contribution is 2.21. The quantitative estimate of drug-likeness (QED) is 0.627. The third-order valence-corrected chi connectivity index (χ3v) is 2.79. The minimum atomic E-state index is -0.719. The van der Waals surface area contributed by atoms with Crippen molar-refractivity contribution in [3.05, 3.63) is 57.0 Å². The Morgan fingerprint density at radius 1 is 1.40 bits per heavy atom. The van der Waals surface area contributed by atoms with Crippen molar-refractivity contribution in [1.82, 2.24) is 9.78 Å². The second kappa shape index (κ2) is 5.79. The molecule has 8 heteroatoms. The van der Waals surface area contributed by atoms with Gasteiger partial charge in [0.2, 0.25) is 0 Å². The Balaban J connectivity index is 2.03. The van der Waals surface area contributed by atoms with Crippen LogP contribution in [0, 0.1) is 15.9 Å². The van der Waals surface area contributed by atoms with E-state index in [2.05, 4.69) is 5.10 Å². The molecule has 0 aliphatic carbocycles. The van der Waals surface area contributed by atoms with E-state index in [1.54, 1.807) is 0 Å². The summed E-state index contributed by atoms with van der Waals surface area (Å²) in [7, 11) is 0. The van der Waals surface area contributed by atoms with Crippen molar-refractivity contribution in [2.75, 3.05) is 0 Å². The van der Waals surface area contributed by atoms with E-state index in [9.17, 15) is 19.3 Å². The van der Waals surface area contributed by atoms with Gasteiger partial charge >= 0.3 is 5.82 Å². The Kier molecular flexibility index (Phi) is 4.09. The molecule has 0 aliphatic rings. The molecule has 0 fully saturated rings. The third-order valence-electron chi connectivity index (χ3n) is 2.52. The van der Waals surface area contributed by atoms with E-state index < -0.39 is 10.7 Å². The maximum absolute atomic E-state index is 12.7. The van der Waals surface area contributed by atoms with Gasteiger partial charge in [0.05, 0.1) is 11.3 Å². The molecule has 0 atom stereocenters. The number of halogens is 2. The Bertz CT molecular complexity index is 654. The molecule has 0 saturated carbocycles. The zero-order valence-corrected chi connectivity index (χ0v) is 10.9. The normalized spacial score (nSPS) is 10.5. The van der Waals surface area contributed by atoms with Crippen molar-refractivity contribution in [3.8, 4) is 0 Å². The van der Waals surface area contributed by atoms with Crippen LogP contribution >= 0.6 is 11.6 Å². The van der Waals surface area contributed by atoms with E-state index in [0.29, 0.717) is 5.56 Å². The summed E-state index contributed by atoms with van der Waals surface area (Å²) < 4.78 is 13.8. The number of nitrogens with zero attached hydrogens (tertiary/aromatic N) is 3. The zero-order valence-electron chi connectivity index (χ0n) is 10.1. The number of carbonyl (C=O) groups excluding carboxylic acids is 1. The lowest BCUT2D eigenvalue weighted by molar-refractivity contribution is -0.389. The van der Waals surface area contributed by atoms with Crippen LogP contribution in [0.2, 0.25) is 5.02 Å². The number of benzene rings is 1. The van der Waals surface area contributed by atoms with Crippen LogP contribution in [0.1, 0.15) is 5.56 Å². The first kappa shape index (κ1) is 14.1. The molecule has 0 radical (unpaired) electrons. The van der Waals surface area contributed by atoms with Crippen LogP contribution in [0.25, 0.3) is 0 Å². The van der Waals surface area contributed by atoms with Crippen LogP contribution in [-0.4, -0.2) is 20.5 Å². The van der Waals surface area contributed by atoms with Crippen molar-refractivity contribution in [2.24, 2.45) is 0 Å². The Hall–Kier alpha value is -2.28. The maximum atomic E-state index is 12.7. The minimum Gasteiger partial charge on any atom is -0.358 e. The second-order valence-corrected chi connectivity index (χ2v) is 4.50. The Labute approximate surface area is 117 Å². The molecule has 1 heterocycles. The monoisotopic (exact) mass is 297 g/mol. The predicted molar refractivity (Wildman–Crippen MR) is 69.0 cm³/mol. The zero-order chi connectivity index (χ0) is 14.7. The van der Waals surface area contributed by atoms with Crippen LogP contribution in [0.5, 0.6) is 0 Å². The Morgan fingerprint density at radius 2 is 2.05 bits per heavy atom. The lowest BCUT2D eigenvalue weighted by Gasteiger charge is -1.99. The molecule has 0 aliphatic heterocycles. The first-order valence-corrected chi connectivity index (χ1v) is 5.97. The maximum Gasteiger partial charge on any atom is 0.408 e. The summed E-state index contributed by atoms with van der Waals surface area (Å²) >= 11 is 5.62. The number of carbonyl (C=O) groups is 1. The fourth-order valence-corrected chi connectivity index (χ4v) is 1.88. The van der Waals surface area contributed by atoms with Gasteiger partial charge in [0.25, 0.3) is 0 Å². The summed E-state index contributed by atoms with van der Waals surface area (Å²) in [5, 5.41) is 14.1. The molecule has 0 unspecified atom stereocenters. The molecule has 0 spiro atoms. The average Bonchev–Trinajstić information content (AvgIpc) is 2.73. The van der Waals surface area contributed by atoms with Gasteiger partial charge in [-0.3, -0.25) is 4.79 Å². The molecular formula is C12H9ClFN3O3. The average molecular weight is 298 g/mol. The Morgan fingerprint density at radius 3 is 2.60 bits per heavy atom. The number of rotatable bonds is 5. The van der Waals surface area contributed by atoms with Gasteiger partial charge in [0.15, 0.2) is 10.8 Å². The van der Waals surface area contributed by atoms with E-state index in [-0.39, 0.29) is 29.6 Å². The largest absolute Gasteiger partial charge is 0.408 e. The number of aromatic nitrogens is 2. The van der Waals surface area contributed by atoms with Gasteiger partial charge in [-0.15, -0.1) is 0 Å². The topological polar surface area (TPSA) is 78.0 Å². The molecule has 6 nitrogen and oxygen atoms in total. The molecule has 0 saturated heterocycles. The van der Waals surface area contributed by atoms with Crippen LogP contribution < -0.4 is 0 Å². The smallest absolute Gasteiger partial charge is 0.358 e. The standard InChI is InChI=1S/C12H9ClFN3O3/c13-11-7-16(15-12(11)17(19)20)6-10(18)5-8-1-3-9(14)4-2-8/h1-4,7H,5-6H2. The van der Waals surface area contributed by atoms with E-state index >= 15 is 0 Å². The van der Waals surface area contributed by atoms with Crippen LogP contribution in [0.4, 0.5) is 10.2 Å². The van der Waals surface area contributed by atoms with Crippen LogP contribution in [0.15, 0.2) is 30.5 Å². The summed E-state index contributed by atoms with van der Waals surface area (Å²) in [5.74, 6) is -1.08. The van der Waals surface area contributed by atoms with Crippen molar-refractivity contribution in [3.63, 3.8) is 0 Å². The molecule has 0 amide bonds. The van der Waals surface area contributed by atoms with Gasteiger partial charge in [0.1, 0.15) is 12.4 Å². The first-order chi connectivity index (χ1) is 9.45. The number of hydrogen-bond donors (Lipinski definition) is 0. The molecular weight excluding hydrogens is 289 g/mol. The van der Waals surface area contributed by atoms with Gasteiger partial charge in [0, 0.05) is 6.42 Å². The summed E-state index contributed by atoms with van der Waals surface area (Å²) in [6, 6.07) is 5.54. The van der Waals surface area contributed by atoms with Crippen LogP contribution in [0.3, 0.4) is 0 Å². The fraction of sp³-hybridized carbons (Fsp3) is 0.167. The van der Waals surface area contributed by atoms with Crippen molar-refractivity contribution in [1.29, 1.82) is 0 Å². The molecule has 104 valence electrons. The molecule has 1 aromatic heterocycles. The van der Waals surface area contributed by atoms with Crippen molar-refractivity contribution < 1.29 is 14.1 Å². The molecule has 0 bridgehead atoms. The summed E-state index contributed by atoms with van der Waals surface area (Å²) in [4.78, 5) is 21.6. The molecule has 20 heavy (non-hydrogen) atoms. The summed E-state index contributed by atoms with van der Waals surface area (Å²) in [5.41, 5.74) is 0.657. The van der Waals surface area contributed by atoms with Crippen LogP contribution in [-0.2, 0) is 17.8 Å². The summed E-state index contributed by atoms with van der Waals surface area (Å²) in [6.07, 6.45) is 1.31. The molecule has 2 rings (SSSR count). The van der Waals surface area contributed by atoms with Gasteiger partial charge in [-0.1, -0.05) is 23.7 Å². The molecule has 2 aromatic rings. The van der Waals surface area contributed by atoms with Gasteiger partial charge in [-0.2, -0.15) is 4.68 Å². The highest BCUT2D eigenvalue weighted by Gasteiger charge is 2.20. The predicted octanol–water partition coefficient (Wildman–Crippen LogP) is 2.40. The number of hydrogen-bond acceptors (Lipinski definition) is 4. The molecule has 0 N–H and O–H groups in total. The highest BCUT2D eigenvalue weighted by atomic mass is 35.5. The van der Waals surface area contributed by atoms with Gasteiger partial charge in [-0.05, 0) is 22.6 Å². The van der Waals surface area contributed by atoms with E-state index in [1.807, 2.05) is 0 Å². The van der Waals surface area contributed by atoms with E-state index in [1.165, 1.54) is 30.5 Å². The van der Waals surface area contributed by atoms with Crippen molar-refractivity contribution in [2.45, 2.75) is 13.0 Å².